The van der Waals surface area contributed by atoms with Crippen molar-refractivity contribution in [3.8, 4) is 56.2 Å². The molecule has 1 aliphatic carbocycles. The molecule has 0 amide bonds. The highest BCUT2D eigenvalue weighted by atomic mass is 14.9. The van der Waals surface area contributed by atoms with Crippen LogP contribution < -0.4 is 0 Å². The minimum atomic E-state index is -0.0408. The average molecular weight is 602 g/mol. The number of rotatable bonds is 4. The van der Waals surface area contributed by atoms with Crippen LogP contribution in [0.25, 0.3) is 77.7 Å². The zero-order chi connectivity index (χ0) is 31.5. The van der Waals surface area contributed by atoms with Gasteiger partial charge in [0.25, 0.3) is 0 Å². The number of pyridine rings is 1. The highest BCUT2D eigenvalue weighted by Gasteiger charge is 2.35. The van der Waals surface area contributed by atoms with E-state index in [0.717, 1.165) is 39.2 Å². The summed E-state index contributed by atoms with van der Waals surface area (Å²) >= 11 is 0. The van der Waals surface area contributed by atoms with Gasteiger partial charge >= 0.3 is 0 Å². The Morgan fingerprint density at radius 1 is 0.426 bits per heavy atom. The van der Waals surface area contributed by atoms with Crippen molar-refractivity contribution < 1.29 is 0 Å². The highest BCUT2D eigenvalue weighted by molar-refractivity contribution is 6.10. The minimum Gasteiger partial charge on any atom is -0.265 e. The van der Waals surface area contributed by atoms with Crippen LogP contribution in [-0.2, 0) is 5.41 Å². The Bertz CT molecular complexity index is 2460. The Labute approximate surface area is 274 Å². The van der Waals surface area contributed by atoms with Crippen LogP contribution in [0.5, 0.6) is 0 Å². The van der Waals surface area contributed by atoms with Gasteiger partial charge in [-0.15, -0.1) is 0 Å². The third kappa shape index (κ3) is 4.54. The van der Waals surface area contributed by atoms with Gasteiger partial charge in [0.05, 0.1) is 11.4 Å². The summed E-state index contributed by atoms with van der Waals surface area (Å²) < 4.78 is 0. The summed E-state index contributed by atoms with van der Waals surface area (Å²) in [5.41, 5.74) is 12.6. The molecule has 0 N–H and O–H groups in total. The lowest BCUT2D eigenvalue weighted by atomic mass is 9.81. The van der Waals surface area contributed by atoms with Crippen LogP contribution in [0.4, 0.5) is 0 Å². The molecule has 8 aromatic rings. The molecule has 0 bridgehead atoms. The standard InChI is InChI=1S/C44H31N3/c1-44(2)39-11-7-6-10-36(39)38-25-33-17-16-32-24-34(18-19-35(32)37(33)26-40(38)44)43-46-41(30-8-4-3-5-9-30)27-42(47-43)31-14-12-28(13-15-31)29-20-22-45-23-21-29/h3-27H,1-2H3. The predicted molar refractivity (Wildman–Crippen MR) is 194 cm³/mol. The summed E-state index contributed by atoms with van der Waals surface area (Å²) in [5, 5.41) is 4.96. The smallest absolute Gasteiger partial charge is 0.160 e. The lowest BCUT2D eigenvalue weighted by Gasteiger charge is -2.22. The minimum absolute atomic E-state index is 0.0408. The molecule has 9 rings (SSSR count). The van der Waals surface area contributed by atoms with Gasteiger partial charge in [-0.2, -0.15) is 0 Å². The van der Waals surface area contributed by atoms with E-state index in [0.29, 0.717) is 5.82 Å². The highest BCUT2D eigenvalue weighted by Crippen LogP contribution is 2.50. The van der Waals surface area contributed by atoms with Gasteiger partial charge in [-0.3, -0.25) is 4.98 Å². The third-order valence-corrected chi connectivity index (χ3v) is 9.79. The molecule has 0 aliphatic heterocycles. The molecule has 47 heavy (non-hydrogen) atoms. The summed E-state index contributed by atoms with van der Waals surface area (Å²) in [4.78, 5) is 14.4. The quantitative estimate of drug-likeness (QED) is 0.188. The van der Waals surface area contributed by atoms with Gasteiger partial charge in [-0.05, 0) is 91.3 Å². The van der Waals surface area contributed by atoms with Gasteiger partial charge in [0.15, 0.2) is 5.82 Å². The Morgan fingerprint density at radius 2 is 1.04 bits per heavy atom. The van der Waals surface area contributed by atoms with Crippen LogP contribution in [0, 0.1) is 0 Å². The normalized spacial score (nSPS) is 13.1. The fraction of sp³-hybridized carbons (Fsp3) is 0.0682. The first kappa shape index (κ1) is 27.4. The lowest BCUT2D eigenvalue weighted by molar-refractivity contribution is 0.661. The van der Waals surface area contributed by atoms with Crippen LogP contribution in [0.15, 0.2) is 152 Å². The van der Waals surface area contributed by atoms with E-state index in [-0.39, 0.29) is 5.41 Å². The maximum atomic E-state index is 5.14. The maximum Gasteiger partial charge on any atom is 0.160 e. The molecular weight excluding hydrogens is 571 g/mol. The summed E-state index contributed by atoms with van der Waals surface area (Å²) in [5.74, 6) is 0.715. The molecular formula is C44H31N3. The molecule has 0 saturated heterocycles. The van der Waals surface area contributed by atoms with E-state index >= 15 is 0 Å². The van der Waals surface area contributed by atoms with Crippen molar-refractivity contribution >= 4 is 21.5 Å². The van der Waals surface area contributed by atoms with E-state index in [1.165, 1.54) is 43.8 Å². The molecule has 0 saturated carbocycles. The van der Waals surface area contributed by atoms with E-state index in [9.17, 15) is 0 Å². The Morgan fingerprint density at radius 3 is 1.81 bits per heavy atom. The van der Waals surface area contributed by atoms with Crippen LogP contribution in [0.3, 0.4) is 0 Å². The second-order valence-electron chi connectivity index (χ2n) is 12.9. The maximum absolute atomic E-state index is 5.14. The molecule has 0 fully saturated rings. The van der Waals surface area contributed by atoms with Crippen LogP contribution in [-0.4, -0.2) is 15.0 Å². The average Bonchev–Trinajstić information content (AvgIpc) is 3.36. The number of nitrogens with zero attached hydrogens (tertiary/aromatic N) is 3. The second-order valence-corrected chi connectivity index (χ2v) is 12.9. The van der Waals surface area contributed by atoms with Crippen molar-refractivity contribution in [3.63, 3.8) is 0 Å². The van der Waals surface area contributed by atoms with E-state index in [1.807, 2.05) is 30.6 Å². The molecule has 6 aromatic carbocycles. The van der Waals surface area contributed by atoms with Crippen molar-refractivity contribution in [3.05, 3.63) is 163 Å². The predicted octanol–water partition coefficient (Wildman–Crippen LogP) is 11.2. The molecule has 1 aliphatic rings. The molecule has 3 nitrogen and oxygen atoms in total. The van der Waals surface area contributed by atoms with E-state index < -0.39 is 0 Å². The van der Waals surface area contributed by atoms with Gasteiger partial charge in [-0.1, -0.05) is 117 Å². The second kappa shape index (κ2) is 10.6. The fourth-order valence-corrected chi connectivity index (χ4v) is 7.26. The molecule has 0 atom stereocenters. The first-order valence-corrected chi connectivity index (χ1v) is 16.1. The summed E-state index contributed by atoms with van der Waals surface area (Å²) in [7, 11) is 0. The topological polar surface area (TPSA) is 38.7 Å². The van der Waals surface area contributed by atoms with Gasteiger partial charge < -0.3 is 0 Å². The van der Waals surface area contributed by atoms with Crippen LogP contribution in [0.1, 0.15) is 25.0 Å². The first-order valence-electron chi connectivity index (χ1n) is 16.1. The number of hydrogen-bond acceptors (Lipinski definition) is 3. The number of benzene rings is 6. The summed E-state index contributed by atoms with van der Waals surface area (Å²) in [6, 6.07) is 49.9. The number of aromatic nitrogens is 3. The van der Waals surface area contributed by atoms with Gasteiger partial charge in [0.1, 0.15) is 0 Å². The van der Waals surface area contributed by atoms with E-state index in [2.05, 4.69) is 140 Å². The summed E-state index contributed by atoms with van der Waals surface area (Å²) in [6.07, 6.45) is 3.65. The van der Waals surface area contributed by atoms with Crippen molar-refractivity contribution in [2.24, 2.45) is 0 Å². The van der Waals surface area contributed by atoms with Gasteiger partial charge in [0, 0.05) is 34.5 Å². The third-order valence-electron chi connectivity index (χ3n) is 9.79. The van der Waals surface area contributed by atoms with Gasteiger partial charge in [0.2, 0.25) is 0 Å². The molecule has 3 heteroatoms. The van der Waals surface area contributed by atoms with Crippen LogP contribution in [0.2, 0.25) is 0 Å². The molecule has 0 radical (unpaired) electrons. The van der Waals surface area contributed by atoms with Crippen LogP contribution >= 0.6 is 0 Å². The molecule has 0 spiro atoms. The zero-order valence-corrected chi connectivity index (χ0v) is 26.3. The number of hydrogen-bond donors (Lipinski definition) is 0. The molecule has 222 valence electrons. The SMILES string of the molecule is CC1(C)c2ccccc2-c2cc3ccc4cc(-c5nc(-c6ccccc6)cc(-c6ccc(-c7ccncc7)cc6)n5)ccc4c3cc21. The van der Waals surface area contributed by atoms with Crippen molar-refractivity contribution in [1.29, 1.82) is 0 Å². The van der Waals surface area contributed by atoms with Crippen molar-refractivity contribution in [2.75, 3.05) is 0 Å². The largest absolute Gasteiger partial charge is 0.265 e. The first-order chi connectivity index (χ1) is 23.0. The Hall–Kier alpha value is -5.93. The van der Waals surface area contributed by atoms with E-state index in [4.69, 9.17) is 9.97 Å². The molecule has 0 unspecified atom stereocenters. The lowest BCUT2D eigenvalue weighted by Crippen LogP contribution is -2.14. The summed E-state index contributed by atoms with van der Waals surface area (Å²) in [6.45, 7) is 4.68. The zero-order valence-electron chi connectivity index (χ0n) is 26.3. The van der Waals surface area contributed by atoms with E-state index in [1.54, 1.807) is 0 Å². The van der Waals surface area contributed by atoms with Gasteiger partial charge in [-0.25, -0.2) is 9.97 Å². The molecule has 2 heterocycles. The fourth-order valence-electron chi connectivity index (χ4n) is 7.26. The van der Waals surface area contributed by atoms with Crippen molar-refractivity contribution in [2.45, 2.75) is 19.3 Å². The van der Waals surface area contributed by atoms with Crippen molar-refractivity contribution in [1.82, 2.24) is 15.0 Å². The molecule has 2 aromatic heterocycles. The number of fused-ring (bicyclic) bond motifs is 6. The Balaban J connectivity index is 1.16. The monoisotopic (exact) mass is 601 g/mol. The Kier molecular flexibility index (Phi) is 6.16.